The van der Waals surface area contributed by atoms with Gasteiger partial charge in [0.05, 0.1) is 13.2 Å². The van der Waals surface area contributed by atoms with E-state index in [9.17, 15) is 4.79 Å². The van der Waals surface area contributed by atoms with Crippen LogP contribution in [0.1, 0.15) is 20.3 Å². The topological polar surface area (TPSA) is 47.9 Å². The Hall–Kier alpha value is -1.03. The van der Waals surface area contributed by atoms with Crippen molar-refractivity contribution in [3.05, 3.63) is 11.8 Å². The Kier molecular flexibility index (Phi) is 4.15. The normalized spacial score (nSPS) is 20.7. The molecule has 0 spiro atoms. The minimum absolute atomic E-state index is 0.0369. The molecule has 4 nitrogen and oxygen atoms in total. The van der Waals surface area contributed by atoms with Gasteiger partial charge in [0.1, 0.15) is 0 Å². The number of aliphatic imine (C=N–C) groups is 1. The fraction of sp³-hybridized carbons (Fsp3) is 0.600. The molecule has 0 bridgehead atoms. The lowest BCUT2D eigenvalue weighted by atomic mass is 10.1. The number of esters is 1. The molecule has 5 heteroatoms. The first kappa shape index (κ1) is 12.0. The second kappa shape index (κ2) is 5.16. The maximum Gasteiger partial charge on any atom is 0.330 e. The van der Waals surface area contributed by atoms with Crippen LogP contribution in [0.4, 0.5) is 0 Å². The van der Waals surface area contributed by atoms with E-state index in [2.05, 4.69) is 9.73 Å². The summed E-state index contributed by atoms with van der Waals surface area (Å²) in [6.45, 7) is 3.80. The molecule has 0 fully saturated rings. The highest BCUT2D eigenvalue weighted by Gasteiger charge is 2.23. The molecule has 0 aliphatic carbocycles. The lowest BCUT2D eigenvalue weighted by Crippen LogP contribution is -2.24. The molecule has 1 unspecified atom stereocenters. The van der Waals surface area contributed by atoms with Crippen molar-refractivity contribution in [2.45, 2.75) is 32.4 Å². The Balaban J connectivity index is 2.67. The van der Waals surface area contributed by atoms with Gasteiger partial charge in [0, 0.05) is 6.42 Å². The molecule has 0 saturated heterocycles. The third kappa shape index (κ3) is 3.23. The number of nitrogens with zero attached hydrogens (tertiary/aromatic N) is 1. The van der Waals surface area contributed by atoms with Crippen LogP contribution in [0.15, 0.2) is 16.8 Å². The second-order valence-electron chi connectivity index (χ2n) is 3.43. The predicted octanol–water partition coefficient (Wildman–Crippen LogP) is 1.88. The van der Waals surface area contributed by atoms with Crippen molar-refractivity contribution in [3.63, 3.8) is 0 Å². The van der Waals surface area contributed by atoms with Crippen LogP contribution >= 0.6 is 11.6 Å². The standard InChI is InChI=1S/C10H14ClNO3/c1-6(2)15-8-5-4-7(10(13)14-3)12-9(8)11/h5-7H,4H2,1-3H3. The molecule has 1 atom stereocenters. The number of methoxy groups -OCH3 is 1. The van der Waals surface area contributed by atoms with Crippen LogP contribution in [0.25, 0.3) is 0 Å². The van der Waals surface area contributed by atoms with E-state index in [0.717, 1.165) is 0 Å². The molecule has 0 aromatic carbocycles. The van der Waals surface area contributed by atoms with E-state index in [1.165, 1.54) is 7.11 Å². The second-order valence-corrected chi connectivity index (χ2v) is 3.79. The number of rotatable bonds is 3. The van der Waals surface area contributed by atoms with Gasteiger partial charge in [-0.3, -0.25) is 4.99 Å². The zero-order valence-electron chi connectivity index (χ0n) is 8.99. The molecule has 0 aromatic heterocycles. The summed E-state index contributed by atoms with van der Waals surface area (Å²) in [6, 6.07) is -0.540. The van der Waals surface area contributed by atoms with Gasteiger partial charge in [-0.2, -0.15) is 0 Å². The van der Waals surface area contributed by atoms with Gasteiger partial charge in [-0.15, -0.1) is 0 Å². The first-order chi connectivity index (χ1) is 7.04. The maximum absolute atomic E-state index is 11.2. The Labute approximate surface area is 93.9 Å². The molecule has 0 aromatic rings. The summed E-state index contributed by atoms with van der Waals surface area (Å²) in [5.41, 5.74) is 0. The van der Waals surface area contributed by atoms with Gasteiger partial charge in [-0.25, -0.2) is 4.79 Å². The van der Waals surface area contributed by atoms with Crippen LogP contribution in [0.2, 0.25) is 0 Å². The highest BCUT2D eigenvalue weighted by Crippen LogP contribution is 2.18. The number of halogens is 1. The number of carbonyl (C=O) groups excluding carboxylic acids is 1. The average molecular weight is 232 g/mol. The van der Waals surface area contributed by atoms with Crippen LogP contribution in [-0.2, 0) is 14.3 Å². The summed E-state index contributed by atoms with van der Waals surface area (Å²) < 4.78 is 9.99. The number of allylic oxidation sites excluding steroid dienone is 1. The van der Waals surface area contributed by atoms with Crippen LogP contribution in [0.5, 0.6) is 0 Å². The Morgan fingerprint density at radius 2 is 2.33 bits per heavy atom. The van der Waals surface area contributed by atoms with Crippen LogP contribution < -0.4 is 0 Å². The third-order valence-corrected chi connectivity index (χ3v) is 2.12. The summed E-state index contributed by atoms with van der Waals surface area (Å²) in [5.74, 6) is 0.153. The molecule has 0 N–H and O–H groups in total. The molecule has 0 radical (unpaired) electrons. The van der Waals surface area contributed by atoms with E-state index in [-0.39, 0.29) is 17.2 Å². The average Bonchev–Trinajstić information content (AvgIpc) is 2.19. The summed E-state index contributed by atoms with van der Waals surface area (Å²) in [4.78, 5) is 15.2. The highest BCUT2D eigenvalue weighted by molar-refractivity contribution is 6.69. The Morgan fingerprint density at radius 1 is 1.67 bits per heavy atom. The molecule has 1 heterocycles. The summed E-state index contributed by atoms with van der Waals surface area (Å²) >= 11 is 5.87. The predicted molar refractivity (Wildman–Crippen MR) is 58.0 cm³/mol. The Bertz CT molecular complexity index is 310. The van der Waals surface area contributed by atoms with E-state index in [0.29, 0.717) is 12.2 Å². The van der Waals surface area contributed by atoms with E-state index in [4.69, 9.17) is 16.3 Å². The zero-order valence-corrected chi connectivity index (χ0v) is 9.75. The van der Waals surface area contributed by atoms with Crippen molar-refractivity contribution >= 4 is 22.7 Å². The fourth-order valence-corrected chi connectivity index (χ4v) is 1.43. The minimum atomic E-state index is -0.540. The van der Waals surface area contributed by atoms with E-state index >= 15 is 0 Å². The number of hydrogen-bond acceptors (Lipinski definition) is 4. The number of hydrogen-bond donors (Lipinski definition) is 0. The molecule has 0 saturated carbocycles. The van der Waals surface area contributed by atoms with Gasteiger partial charge < -0.3 is 9.47 Å². The SMILES string of the molecule is COC(=O)C1CC=C(OC(C)C)C(Cl)=N1. The van der Waals surface area contributed by atoms with Crippen molar-refractivity contribution in [3.8, 4) is 0 Å². The van der Waals surface area contributed by atoms with Gasteiger partial charge in [-0.1, -0.05) is 11.6 Å². The van der Waals surface area contributed by atoms with Crippen molar-refractivity contribution < 1.29 is 14.3 Å². The Morgan fingerprint density at radius 3 is 2.80 bits per heavy atom. The maximum atomic E-state index is 11.2. The molecule has 84 valence electrons. The summed E-state index contributed by atoms with van der Waals surface area (Å²) in [5, 5.41) is 0.227. The quantitative estimate of drug-likeness (QED) is 0.697. The summed E-state index contributed by atoms with van der Waals surface area (Å²) in [6.07, 6.45) is 2.26. The van der Waals surface area contributed by atoms with E-state index in [1.54, 1.807) is 6.08 Å². The molecule has 1 rings (SSSR count). The van der Waals surface area contributed by atoms with Crippen molar-refractivity contribution in [1.82, 2.24) is 0 Å². The first-order valence-electron chi connectivity index (χ1n) is 4.73. The van der Waals surface area contributed by atoms with Crippen molar-refractivity contribution in [2.24, 2.45) is 4.99 Å². The largest absolute Gasteiger partial charge is 0.488 e. The molecule has 15 heavy (non-hydrogen) atoms. The molecule has 0 amide bonds. The lowest BCUT2D eigenvalue weighted by Gasteiger charge is -2.18. The zero-order chi connectivity index (χ0) is 11.4. The number of dihydropyridines is 1. The molecular weight excluding hydrogens is 218 g/mol. The highest BCUT2D eigenvalue weighted by atomic mass is 35.5. The lowest BCUT2D eigenvalue weighted by molar-refractivity contribution is -0.142. The van der Waals surface area contributed by atoms with Crippen molar-refractivity contribution in [2.75, 3.05) is 7.11 Å². The fourth-order valence-electron chi connectivity index (χ4n) is 1.19. The van der Waals surface area contributed by atoms with Gasteiger partial charge in [0.15, 0.2) is 17.0 Å². The van der Waals surface area contributed by atoms with Crippen molar-refractivity contribution in [1.29, 1.82) is 0 Å². The smallest absolute Gasteiger partial charge is 0.330 e. The third-order valence-electron chi connectivity index (χ3n) is 1.83. The van der Waals surface area contributed by atoms with Crippen LogP contribution in [0, 0.1) is 0 Å². The molecule has 1 aliphatic heterocycles. The van der Waals surface area contributed by atoms with Gasteiger partial charge in [0.25, 0.3) is 0 Å². The molecular formula is C10H14ClNO3. The first-order valence-corrected chi connectivity index (χ1v) is 5.10. The van der Waals surface area contributed by atoms with Gasteiger partial charge in [0.2, 0.25) is 0 Å². The molecule has 1 aliphatic rings. The summed E-state index contributed by atoms with van der Waals surface area (Å²) in [7, 11) is 1.33. The van der Waals surface area contributed by atoms with Gasteiger partial charge in [-0.05, 0) is 19.9 Å². The van der Waals surface area contributed by atoms with E-state index in [1.807, 2.05) is 13.8 Å². The van der Waals surface area contributed by atoms with Gasteiger partial charge >= 0.3 is 5.97 Å². The monoisotopic (exact) mass is 231 g/mol. The van der Waals surface area contributed by atoms with Crippen LogP contribution in [0.3, 0.4) is 0 Å². The number of carbonyl (C=O) groups is 1. The van der Waals surface area contributed by atoms with Crippen LogP contribution in [-0.4, -0.2) is 30.4 Å². The minimum Gasteiger partial charge on any atom is -0.488 e. The number of ether oxygens (including phenoxy) is 2. The van der Waals surface area contributed by atoms with E-state index < -0.39 is 6.04 Å².